The lowest BCUT2D eigenvalue weighted by Gasteiger charge is -2.07. The van der Waals surface area contributed by atoms with Crippen molar-refractivity contribution >= 4 is 23.3 Å². The SMILES string of the molecule is Nc1ccc(Cl)c(C(=O)NCc2cccc(F)c2)n1. The van der Waals surface area contributed by atoms with Crippen LogP contribution in [0.3, 0.4) is 0 Å². The van der Waals surface area contributed by atoms with E-state index in [1.165, 1.54) is 24.3 Å². The Morgan fingerprint density at radius 2 is 2.16 bits per heavy atom. The minimum Gasteiger partial charge on any atom is -0.384 e. The lowest BCUT2D eigenvalue weighted by Crippen LogP contribution is -2.24. The summed E-state index contributed by atoms with van der Waals surface area (Å²) in [5.41, 5.74) is 6.19. The maximum Gasteiger partial charge on any atom is 0.271 e. The van der Waals surface area contributed by atoms with Crippen LogP contribution in [0.25, 0.3) is 0 Å². The number of halogens is 2. The molecule has 6 heteroatoms. The molecular weight excluding hydrogens is 269 g/mol. The lowest BCUT2D eigenvalue weighted by atomic mass is 10.2. The minimum atomic E-state index is -0.457. The second-order valence-corrected chi connectivity index (χ2v) is 4.29. The Bertz CT molecular complexity index is 619. The van der Waals surface area contributed by atoms with E-state index in [2.05, 4.69) is 10.3 Å². The Balaban J connectivity index is 2.07. The van der Waals surface area contributed by atoms with Crippen molar-refractivity contribution in [2.24, 2.45) is 0 Å². The Morgan fingerprint density at radius 3 is 2.89 bits per heavy atom. The number of hydrogen-bond donors (Lipinski definition) is 2. The van der Waals surface area contributed by atoms with Crippen LogP contribution in [-0.2, 0) is 6.54 Å². The normalized spacial score (nSPS) is 10.2. The molecule has 0 aliphatic carbocycles. The fraction of sp³-hybridized carbons (Fsp3) is 0.0769. The van der Waals surface area contributed by atoms with E-state index in [9.17, 15) is 9.18 Å². The monoisotopic (exact) mass is 279 g/mol. The zero-order valence-corrected chi connectivity index (χ0v) is 10.6. The Hall–Kier alpha value is -2.14. The van der Waals surface area contributed by atoms with E-state index in [-0.39, 0.29) is 28.9 Å². The molecule has 1 aromatic carbocycles. The summed E-state index contributed by atoms with van der Waals surface area (Å²) in [5.74, 6) is -0.603. The van der Waals surface area contributed by atoms with Gasteiger partial charge in [0.15, 0.2) is 0 Å². The Kier molecular flexibility index (Phi) is 3.97. The van der Waals surface area contributed by atoms with Crippen LogP contribution in [0, 0.1) is 5.82 Å². The van der Waals surface area contributed by atoms with E-state index in [1.807, 2.05) is 0 Å². The van der Waals surface area contributed by atoms with Crippen molar-refractivity contribution in [3.63, 3.8) is 0 Å². The molecule has 3 N–H and O–H groups in total. The van der Waals surface area contributed by atoms with Gasteiger partial charge >= 0.3 is 0 Å². The van der Waals surface area contributed by atoms with Gasteiger partial charge in [0.25, 0.3) is 5.91 Å². The molecular formula is C13H11ClFN3O. The predicted octanol–water partition coefficient (Wildman–Crippen LogP) is 2.39. The molecule has 0 atom stereocenters. The maximum atomic E-state index is 13.0. The highest BCUT2D eigenvalue weighted by molar-refractivity contribution is 6.33. The van der Waals surface area contributed by atoms with Crippen molar-refractivity contribution in [2.75, 3.05) is 5.73 Å². The third kappa shape index (κ3) is 3.42. The minimum absolute atomic E-state index is 0.0538. The third-order valence-electron chi connectivity index (χ3n) is 2.42. The molecule has 19 heavy (non-hydrogen) atoms. The van der Waals surface area contributed by atoms with E-state index < -0.39 is 5.91 Å². The smallest absolute Gasteiger partial charge is 0.271 e. The molecule has 0 saturated carbocycles. The fourth-order valence-electron chi connectivity index (χ4n) is 1.53. The molecule has 0 spiro atoms. The summed E-state index contributed by atoms with van der Waals surface area (Å²) in [5, 5.41) is 2.82. The van der Waals surface area contributed by atoms with Crippen molar-refractivity contribution in [1.29, 1.82) is 0 Å². The first-order valence-corrected chi connectivity index (χ1v) is 5.89. The van der Waals surface area contributed by atoms with E-state index in [0.29, 0.717) is 5.56 Å². The topological polar surface area (TPSA) is 68.0 Å². The molecule has 2 aromatic rings. The summed E-state index contributed by atoms with van der Waals surface area (Å²) in [6.45, 7) is 0.184. The first kappa shape index (κ1) is 13.3. The summed E-state index contributed by atoms with van der Waals surface area (Å²) in [7, 11) is 0. The average Bonchev–Trinajstić information content (AvgIpc) is 2.39. The molecule has 1 aromatic heterocycles. The number of rotatable bonds is 3. The molecule has 0 fully saturated rings. The summed E-state index contributed by atoms with van der Waals surface area (Å²) in [6.07, 6.45) is 0. The van der Waals surface area contributed by atoms with Gasteiger partial charge in [-0.05, 0) is 29.8 Å². The van der Waals surface area contributed by atoms with Crippen molar-refractivity contribution in [3.05, 3.63) is 58.5 Å². The van der Waals surface area contributed by atoms with Gasteiger partial charge in [0.1, 0.15) is 17.3 Å². The summed E-state index contributed by atoms with van der Waals surface area (Å²) in [4.78, 5) is 15.7. The van der Waals surface area contributed by atoms with Crippen LogP contribution < -0.4 is 11.1 Å². The van der Waals surface area contributed by atoms with Crippen LogP contribution in [0.15, 0.2) is 36.4 Å². The van der Waals surface area contributed by atoms with Gasteiger partial charge in [0.2, 0.25) is 0 Å². The number of benzene rings is 1. The van der Waals surface area contributed by atoms with Crippen LogP contribution >= 0.6 is 11.6 Å². The number of nitrogens with one attached hydrogen (secondary N) is 1. The van der Waals surface area contributed by atoms with Crippen molar-refractivity contribution < 1.29 is 9.18 Å². The van der Waals surface area contributed by atoms with Gasteiger partial charge in [-0.15, -0.1) is 0 Å². The molecule has 0 saturated heterocycles. The number of pyridine rings is 1. The number of carbonyl (C=O) groups is 1. The van der Waals surface area contributed by atoms with E-state index in [0.717, 1.165) is 0 Å². The zero-order valence-electron chi connectivity index (χ0n) is 9.86. The van der Waals surface area contributed by atoms with E-state index in [1.54, 1.807) is 12.1 Å². The summed E-state index contributed by atoms with van der Waals surface area (Å²) >= 11 is 5.86. The van der Waals surface area contributed by atoms with Gasteiger partial charge in [-0.2, -0.15) is 0 Å². The van der Waals surface area contributed by atoms with Crippen LogP contribution in [0.4, 0.5) is 10.2 Å². The summed E-state index contributed by atoms with van der Waals surface area (Å²) < 4.78 is 13.0. The molecule has 1 heterocycles. The molecule has 4 nitrogen and oxygen atoms in total. The highest BCUT2D eigenvalue weighted by atomic mass is 35.5. The van der Waals surface area contributed by atoms with Gasteiger partial charge in [0.05, 0.1) is 5.02 Å². The van der Waals surface area contributed by atoms with Crippen molar-refractivity contribution in [2.45, 2.75) is 6.54 Å². The van der Waals surface area contributed by atoms with Gasteiger partial charge in [-0.3, -0.25) is 4.79 Å². The average molecular weight is 280 g/mol. The maximum absolute atomic E-state index is 13.0. The number of aromatic nitrogens is 1. The lowest BCUT2D eigenvalue weighted by molar-refractivity contribution is 0.0946. The number of nitrogens with two attached hydrogens (primary N) is 1. The first-order chi connectivity index (χ1) is 9.06. The molecule has 0 aliphatic rings. The third-order valence-corrected chi connectivity index (χ3v) is 2.73. The van der Waals surface area contributed by atoms with Crippen LogP contribution in [-0.4, -0.2) is 10.9 Å². The van der Waals surface area contributed by atoms with Gasteiger partial charge in [-0.25, -0.2) is 9.37 Å². The fourth-order valence-corrected chi connectivity index (χ4v) is 1.72. The van der Waals surface area contributed by atoms with Crippen LogP contribution in [0.2, 0.25) is 5.02 Å². The van der Waals surface area contributed by atoms with E-state index >= 15 is 0 Å². The number of nitrogens with zero attached hydrogens (tertiary/aromatic N) is 1. The van der Waals surface area contributed by atoms with Gasteiger partial charge < -0.3 is 11.1 Å². The van der Waals surface area contributed by atoms with Gasteiger partial charge in [0, 0.05) is 6.54 Å². The Morgan fingerprint density at radius 1 is 1.37 bits per heavy atom. The molecule has 0 unspecified atom stereocenters. The summed E-state index contributed by atoms with van der Waals surface area (Å²) in [6, 6.07) is 8.96. The highest BCUT2D eigenvalue weighted by Gasteiger charge is 2.12. The molecule has 0 aliphatic heterocycles. The Labute approximate surface area is 114 Å². The number of carbonyl (C=O) groups excluding carboxylic acids is 1. The first-order valence-electron chi connectivity index (χ1n) is 5.51. The molecule has 0 radical (unpaired) electrons. The van der Waals surface area contributed by atoms with E-state index in [4.69, 9.17) is 17.3 Å². The zero-order chi connectivity index (χ0) is 13.8. The number of nitrogen functional groups attached to an aromatic ring is 1. The number of anilines is 1. The molecule has 1 amide bonds. The molecule has 0 bridgehead atoms. The quantitative estimate of drug-likeness (QED) is 0.906. The van der Waals surface area contributed by atoms with Crippen molar-refractivity contribution in [3.8, 4) is 0 Å². The molecule has 2 rings (SSSR count). The predicted molar refractivity (Wildman–Crippen MR) is 71.2 cm³/mol. The van der Waals surface area contributed by atoms with Gasteiger partial charge in [-0.1, -0.05) is 23.7 Å². The number of amides is 1. The standard InChI is InChI=1S/C13H11ClFN3O/c14-10-4-5-11(16)18-12(10)13(19)17-7-8-2-1-3-9(15)6-8/h1-6H,7H2,(H2,16,18)(H,17,19). The largest absolute Gasteiger partial charge is 0.384 e. The van der Waals surface area contributed by atoms with Crippen LogP contribution in [0.1, 0.15) is 16.1 Å². The van der Waals surface area contributed by atoms with Crippen molar-refractivity contribution in [1.82, 2.24) is 10.3 Å². The number of hydrogen-bond acceptors (Lipinski definition) is 3. The molecule has 98 valence electrons. The van der Waals surface area contributed by atoms with Crippen LogP contribution in [0.5, 0.6) is 0 Å². The second-order valence-electron chi connectivity index (χ2n) is 3.88. The second kappa shape index (κ2) is 5.67. The highest BCUT2D eigenvalue weighted by Crippen LogP contribution is 2.15.